The first-order chi connectivity index (χ1) is 7.98. The van der Waals surface area contributed by atoms with Gasteiger partial charge in [0.25, 0.3) is 0 Å². The molecule has 0 aliphatic carbocycles. The summed E-state index contributed by atoms with van der Waals surface area (Å²) < 4.78 is 0.907. The molecule has 4 nitrogen and oxygen atoms in total. The predicted octanol–water partition coefficient (Wildman–Crippen LogP) is 2.99. The zero-order chi connectivity index (χ0) is 12.5. The van der Waals surface area contributed by atoms with Crippen LogP contribution in [0.4, 0.5) is 0 Å². The van der Waals surface area contributed by atoms with Crippen molar-refractivity contribution in [2.75, 3.05) is 0 Å². The van der Waals surface area contributed by atoms with Gasteiger partial charge in [-0.2, -0.15) is 0 Å². The van der Waals surface area contributed by atoms with E-state index in [1.54, 1.807) is 24.7 Å². The zero-order valence-electron chi connectivity index (χ0n) is 9.98. The van der Waals surface area contributed by atoms with Crippen molar-refractivity contribution in [1.29, 1.82) is 0 Å². The van der Waals surface area contributed by atoms with Crippen molar-refractivity contribution in [2.24, 2.45) is 0 Å². The first-order valence-electron chi connectivity index (χ1n) is 5.29. The summed E-state index contributed by atoms with van der Waals surface area (Å²) >= 11 is 3.47. The minimum absolute atomic E-state index is 0.0503. The molecule has 0 unspecified atom stereocenters. The number of hydrogen-bond acceptors (Lipinski definition) is 4. The molecule has 0 fully saturated rings. The van der Waals surface area contributed by atoms with Crippen molar-refractivity contribution in [2.45, 2.75) is 26.2 Å². The van der Waals surface area contributed by atoms with Gasteiger partial charge in [0.15, 0.2) is 11.6 Å². The molecule has 2 aromatic rings. The van der Waals surface area contributed by atoms with Gasteiger partial charge in [0.05, 0.1) is 10.2 Å². The Balaban J connectivity index is 2.53. The summed E-state index contributed by atoms with van der Waals surface area (Å²) in [6.07, 6.45) is 5.12. The van der Waals surface area contributed by atoms with Crippen LogP contribution in [0.25, 0.3) is 11.6 Å². The van der Waals surface area contributed by atoms with Crippen molar-refractivity contribution in [3.05, 3.63) is 34.8 Å². The SMILES string of the molecule is CC(C)(C)c1nc(-c2ncccn2)ncc1Br. The van der Waals surface area contributed by atoms with Crippen LogP contribution in [0.1, 0.15) is 26.5 Å². The molecule has 0 spiro atoms. The fourth-order valence-electron chi connectivity index (χ4n) is 1.42. The highest BCUT2D eigenvalue weighted by Gasteiger charge is 2.20. The highest BCUT2D eigenvalue weighted by Crippen LogP contribution is 2.28. The van der Waals surface area contributed by atoms with E-state index in [1.807, 2.05) is 0 Å². The summed E-state index contributed by atoms with van der Waals surface area (Å²) in [6.45, 7) is 6.32. The minimum atomic E-state index is -0.0503. The van der Waals surface area contributed by atoms with Gasteiger partial charge in [-0.1, -0.05) is 20.8 Å². The van der Waals surface area contributed by atoms with Crippen LogP contribution >= 0.6 is 15.9 Å². The molecule has 88 valence electrons. The molecule has 17 heavy (non-hydrogen) atoms. The van der Waals surface area contributed by atoms with Gasteiger partial charge < -0.3 is 0 Å². The third-order valence-corrected chi connectivity index (χ3v) is 2.80. The first-order valence-corrected chi connectivity index (χ1v) is 6.08. The van der Waals surface area contributed by atoms with Crippen molar-refractivity contribution in [3.8, 4) is 11.6 Å². The molecule has 0 radical (unpaired) electrons. The highest BCUT2D eigenvalue weighted by molar-refractivity contribution is 9.10. The summed E-state index contributed by atoms with van der Waals surface area (Å²) in [5, 5.41) is 0. The predicted molar refractivity (Wildman–Crippen MR) is 69.5 cm³/mol. The molecule has 2 rings (SSSR count). The lowest BCUT2D eigenvalue weighted by atomic mass is 9.92. The summed E-state index contributed by atoms with van der Waals surface area (Å²) in [7, 11) is 0. The van der Waals surface area contributed by atoms with E-state index in [9.17, 15) is 0 Å². The number of nitrogens with zero attached hydrogens (tertiary/aromatic N) is 4. The van der Waals surface area contributed by atoms with E-state index in [-0.39, 0.29) is 5.41 Å². The lowest BCUT2D eigenvalue weighted by Crippen LogP contribution is -2.15. The lowest BCUT2D eigenvalue weighted by Gasteiger charge is -2.19. The van der Waals surface area contributed by atoms with Gasteiger partial charge in [0, 0.05) is 24.0 Å². The Bertz CT molecular complexity index is 520. The van der Waals surface area contributed by atoms with Crippen LogP contribution in [0.5, 0.6) is 0 Å². The Hall–Kier alpha value is -1.36. The monoisotopic (exact) mass is 292 g/mol. The second-order valence-electron chi connectivity index (χ2n) is 4.71. The molecule has 0 N–H and O–H groups in total. The largest absolute Gasteiger partial charge is 0.234 e. The summed E-state index contributed by atoms with van der Waals surface area (Å²) in [4.78, 5) is 17.1. The highest BCUT2D eigenvalue weighted by atomic mass is 79.9. The van der Waals surface area contributed by atoms with Crippen molar-refractivity contribution in [1.82, 2.24) is 19.9 Å². The number of aromatic nitrogens is 4. The average molecular weight is 293 g/mol. The third kappa shape index (κ3) is 2.66. The fraction of sp³-hybridized carbons (Fsp3) is 0.333. The molecule has 0 aliphatic rings. The maximum atomic E-state index is 4.53. The fourth-order valence-corrected chi connectivity index (χ4v) is 2.20. The third-order valence-electron chi connectivity index (χ3n) is 2.22. The van der Waals surface area contributed by atoms with Crippen molar-refractivity contribution in [3.63, 3.8) is 0 Å². The molecular weight excluding hydrogens is 280 g/mol. The van der Waals surface area contributed by atoms with E-state index in [0.717, 1.165) is 10.2 Å². The number of halogens is 1. The van der Waals surface area contributed by atoms with Gasteiger partial charge in [-0.3, -0.25) is 0 Å². The standard InChI is InChI=1S/C12H13BrN4/c1-12(2,3)9-8(13)7-16-11(17-9)10-14-5-4-6-15-10/h4-7H,1-3H3. The van der Waals surface area contributed by atoms with E-state index >= 15 is 0 Å². The molecule has 0 aliphatic heterocycles. The molecule has 0 aromatic carbocycles. The summed E-state index contributed by atoms with van der Waals surface area (Å²) in [5.74, 6) is 1.10. The van der Waals surface area contributed by atoms with Gasteiger partial charge in [0.2, 0.25) is 0 Å². The zero-order valence-corrected chi connectivity index (χ0v) is 11.6. The maximum absolute atomic E-state index is 4.53. The first kappa shape index (κ1) is 12.1. The smallest absolute Gasteiger partial charge is 0.198 e. The Morgan fingerprint density at radius 3 is 2.24 bits per heavy atom. The number of rotatable bonds is 1. The van der Waals surface area contributed by atoms with Crippen LogP contribution in [0.2, 0.25) is 0 Å². The molecular formula is C12H13BrN4. The Morgan fingerprint density at radius 1 is 1.00 bits per heavy atom. The van der Waals surface area contributed by atoms with Crippen LogP contribution in [-0.4, -0.2) is 19.9 Å². The molecule has 0 bridgehead atoms. The van der Waals surface area contributed by atoms with Crippen LogP contribution in [0, 0.1) is 0 Å². The van der Waals surface area contributed by atoms with E-state index in [1.165, 1.54) is 0 Å². The Kier molecular flexibility index (Phi) is 3.19. The summed E-state index contributed by atoms with van der Waals surface area (Å²) in [6, 6.07) is 1.77. The molecule has 0 saturated heterocycles. The van der Waals surface area contributed by atoms with E-state index in [0.29, 0.717) is 11.6 Å². The number of hydrogen-bond donors (Lipinski definition) is 0. The average Bonchev–Trinajstić information content (AvgIpc) is 2.29. The minimum Gasteiger partial charge on any atom is -0.234 e. The van der Waals surface area contributed by atoms with Gasteiger partial charge in [-0.05, 0) is 22.0 Å². The van der Waals surface area contributed by atoms with Crippen molar-refractivity contribution < 1.29 is 0 Å². The molecule has 0 atom stereocenters. The Morgan fingerprint density at radius 2 is 1.65 bits per heavy atom. The van der Waals surface area contributed by atoms with Crippen molar-refractivity contribution >= 4 is 15.9 Å². The normalized spacial score (nSPS) is 11.5. The molecule has 2 heterocycles. The summed E-state index contributed by atoms with van der Waals surface area (Å²) in [5.41, 5.74) is 0.903. The molecule has 2 aromatic heterocycles. The van der Waals surface area contributed by atoms with E-state index < -0.39 is 0 Å². The molecule has 0 saturated carbocycles. The van der Waals surface area contributed by atoms with E-state index in [2.05, 4.69) is 56.6 Å². The topological polar surface area (TPSA) is 51.6 Å². The maximum Gasteiger partial charge on any atom is 0.198 e. The quantitative estimate of drug-likeness (QED) is 0.811. The van der Waals surface area contributed by atoms with Crippen LogP contribution in [-0.2, 0) is 5.41 Å². The van der Waals surface area contributed by atoms with Crippen LogP contribution in [0.3, 0.4) is 0 Å². The van der Waals surface area contributed by atoms with Gasteiger partial charge >= 0.3 is 0 Å². The lowest BCUT2D eigenvalue weighted by molar-refractivity contribution is 0.564. The van der Waals surface area contributed by atoms with Crippen LogP contribution < -0.4 is 0 Å². The van der Waals surface area contributed by atoms with Gasteiger partial charge in [-0.15, -0.1) is 0 Å². The second kappa shape index (κ2) is 4.49. The van der Waals surface area contributed by atoms with Gasteiger partial charge in [-0.25, -0.2) is 19.9 Å². The van der Waals surface area contributed by atoms with E-state index in [4.69, 9.17) is 0 Å². The molecule has 0 amide bonds. The van der Waals surface area contributed by atoms with Crippen LogP contribution in [0.15, 0.2) is 29.1 Å². The van der Waals surface area contributed by atoms with Gasteiger partial charge in [0.1, 0.15) is 0 Å². The Labute approximate surface area is 109 Å². The molecule has 5 heteroatoms. The second-order valence-corrected chi connectivity index (χ2v) is 5.57.